The van der Waals surface area contributed by atoms with E-state index in [0.29, 0.717) is 20.9 Å². The number of nitrogens with zero attached hydrogens (tertiary/aromatic N) is 3. The summed E-state index contributed by atoms with van der Waals surface area (Å²) >= 11 is 18.1. The largest absolute Gasteiger partial charge is 0.459 e. The molecular formula is C26H22Cl2N4OS. The molecule has 2 aromatic carbocycles. The number of thiocarbonyl (C=S) groups is 1. The second kappa shape index (κ2) is 9.29. The first-order chi connectivity index (χ1) is 16.4. The van der Waals surface area contributed by atoms with Crippen LogP contribution in [0.5, 0.6) is 0 Å². The molecule has 1 aliphatic rings. The van der Waals surface area contributed by atoms with E-state index in [1.807, 2.05) is 50.5 Å². The van der Waals surface area contributed by atoms with Crippen molar-refractivity contribution in [3.8, 4) is 11.3 Å². The van der Waals surface area contributed by atoms with Gasteiger partial charge in [0.1, 0.15) is 17.6 Å². The summed E-state index contributed by atoms with van der Waals surface area (Å²) in [6.07, 6.45) is 1.79. The molecule has 3 heterocycles. The molecule has 0 aliphatic carbocycles. The third kappa shape index (κ3) is 4.25. The molecule has 0 spiro atoms. The Morgan fingerprint density at radius 3 is 2.44 bits per heavy atom. The van der Waals surface area contributed by atoms with Crippen LogP contribution in [-0.2, 0) is 0 Å². The Labute approximate surface area is 213 Å². The number of rotatable bonds is 5. The molecule has 0 unspecified atom stereocenters. The number of furan rings is 1. The minimum absolute atomic E-state index is 0.185. The van der Waals surface area contributed by atoms with Gasteiger partial charge in [-0.3, -0.25) is 4.98 Å². The lowest BCUT2D eigenvalue weighted by atomic mass is 10.0. The second-order valence-electron chi connectivity index (χ2n) is 8.24. The number of aromatic nitrogens is 1. The predicted molar refractivity (Wildman–Crippen MR) is 143 cm³/mol. The van der Waals surface area contributed by atoms with Crippen molar-refractivity contribution in [3.63, 3.8) is 0 Å². The van der Waals surface area contributed by atoms with Crippen molar-refractivity contribution in [2.45, 2.75) is 12.1 Å². The van der Waals surface area contributed by atoms with Crippen LogP contribution in [0.25, 0.3) is 11.3 Å². The lowest BCUT2D eigenvalue weighted by Gasteiger charge is -2.26. The fourth-order valence-corrected chi connectivity index (χ4v) is 4.79. The summed E-state index contributed by atoms with van der Waals surface area (Å²) < 4.78 is 6.38. The third-order valence-electron chi connectivity index (χ3n) is 5.86. The Hall–Kier alpha value is -3.06. The standard InChI is InChI=1S/C26H22Cl2N4OS/c1-31(2)17-7-9-18(10-8-17)32-25(24(30-26(32)34)21-5-3-4-14-29-21)23-13-12-22(33-23)16-6-11-19(27)20(28)15-16/h3-15,24-25H,1-2H3,(H,30,34)/t24-,25+/m0/s1. The molecule has 1 fully saturated rings. The summed E-state index contributed by atoms with van der Waals surface area (Å²) in [5, 5.41) is 5.06. The summed E-state index contributed by atoms with van der Waals surface area (Å²) in [6.45, 7) is 0. The summed E-state index contributed by atoms with van der Waals surface area (Å²) in [5.41, 5.74) is 3.82. The Morgan fingerprint density at radius 1 is 0.971 bits per heavy atom. The van der Waals surface area contributed by atoms with Gasteiger partial charge in [0.15, 0.2) is 5.11 Å². The molecule has 34 heavy (non-hydrogen) atoms. The van der Waals surface area contributed by atoms with Crippen molar-refractivity contribution in [2.24, 2.45) is 0 Å². The average molecular weight is 509 g/mol. The minimum atomic E-state index is -0.232. The van der Waals surface area contributed by atoms with Gasteiger partial charge >= 0.3 is 0 Å². The van der Waals surface area contributed by atoms with E-state index in [1.165, 1.54) is 0 Å². The highest BCUT2D eigenvalue weighted by atomic mass is 35.5. The van der Waals surface area contributed by atoms with Crippen LogP contribution in [0.3, 0.4) is 0 Å². The fourth-order valence-electron chi connectivity index (χ4n) is 4.15. The van der Waals surface area contributed by atoms with Crippen LogP contribution in [0.4, 0.5) is 11.4 Å². The van der Waals surface area contributed by atoms with E-state index in [4.69, 9.17) is 39.8 Å². The topological polar surface area (TPSA) is 44.5 Å². The molecular weight excluding hydrogens is 487 g/mol. The molecule has 2 atom stereocenters. The number of benzene rings is 2. The molecule has 4 aromatic rings. The molecule has 1 aliphatic heterocycles. The van der Waals surface area contributed by atoms with E-state index in [2.05, 4.69) is 44.4 Å². The molecule has 2 aromatic heterocycles. The van der Waals surface area contributed by atoms with Gasteiger partial charge in [-0.25, -0.2) is 0 Å². The van der Waals surface area contributed by atoms with Crippen LogP contribution in [-0.4, -0.2) is 24.2 Å². The normalized spacial score (nSPS) is 17.6. The second-order valence-corrected chi connectivity index (χ2v) is 9.44. The summed E-state index contributed by atoms with van der Waals surface area (Å²) in [7, 11) is 4.04. The van der Waals surface area contributed by atoms with Crippen molar-refractivity contribution in [2.75, 3.05) is 23.9 Å². The van der Waals surface area contributed by atoms with Gasteiger partial charge in [-0.1, -0.05) is 29.3 Å². The third-order valence-corrected chi connectivity index (χ3v) is 6.92. The van der Waals surface area contributed by atoms with Gasteiger partial charge in [0.25, 0.3) is 0 Å². The Morgan fingerprint density at radius 2 is 1.76 bits per heavy atom. The first kappa shape index (κ1) is 22.7. The number of nitrogens with one attached hydrogen (secondary N) is 1. The van der Waals surface area contributed by atoms with Gasteiger partial charge < -0.3 is 19.5 Å². The van der Waals surface area contributed by atoms with Gasteiger partial charge in [0, 0.05) is 37.2 Å². The maximum Gasteiger partial charge on any atom is 0.174 e. The highest BCUT2D eigenvalue weighted by Crippen LogP contribution is 2.43. The van der Waals surface area contributed by atoms with Crippen LogP contribution < -0.4 is 15.1 Å². The van der Waals surface area contributed by atoms with E-state index >= 15 is 0 Å². The maximum absolute atomic E-state index is 6.38. The van der Waals surface area contributed by atoms with Crippen molar-refractivity contribution in [1.82, 2.24) is 10.3 Å². The van der Waals surface area contributed by atoms with Gasteiger partial charge in [-0.15, -0.1) is 0 Å². The number of pyridine rings is 1. The van der Waals surface area contributed by atoms with Gasteiger partial charge in [0.2, 0.25) is 0 Å². The van der Waals surface area contributed by atoms with E-state index in [-0.39, 0.29) is 12.1 Å². The van der Waals surface area contributed by atoms with E-state index in [0.717, 1.165) is 28.4 Å². The zero-order chi connectivity index (χ0) is 23.8. The van der Waals surface area contributed by atoms with Crippen LogP contribution in [0, 0.1) is 0 Å². The van der Waals surface area contributed by atoms with Crippen LogP contribution in [0.15, 0.2) is 83.4 Å². The molecule has 5 rings (SSSR count). The van der Waals surface area contributed by atoms with Crippen LogP contribution >= 0.6 is 35.4 Å². The molecule has 0 saturated carbocycles. The van der Waals surface area contributed by atoms with Crippen LogP contribution in [0.2, 0.25) is 10.0 Å². The number of hydrogen-bond donors (Lipinski definition) is 1. The van der Waals surface area contributed by atoms with Crippen molar-refractivity contribution in [1.29, 1.82) is 0 Å². The maximum atomic E-state index is 6.38. The smallest absolute Gasteiger partial charge is 0.174 e. The van der Waals surface area contributed by atoms with Crippen molar-refractivity contribution < 1.29 is 4.42 Å². The fraction of sp³-hybridized carbons (Fsp3) is 0.154. The Balaban J connectivity index is 1.57. The Kier molecular flexibility index (Phi) is 6.21. The van der Waals surface area contributed by atoms with E-state index < -0.39 is 0 Å². The zero-order valence-electron chi connectivity index (χ0n) is 18.6. The number of hydrogen-bond acceptors (Lipinski definition) is 4. The lowest BCUT2D eigenvalue weighted by Crippen LogP contribution is -2.29. The van der Waals surface area contributed by atoms with Crippen molar-refractivity contribution in [3.05, 3.63) is 100 Å². The highest BCUT2D eigenvalue weighted by molar-refractivity contribution is 7.80. The predicted octanol–water partition coefficient (Wildman–Crippen LogP) is 6.89. The summed E-state index contributed by atoms with van der Waals surface area (Å²) in [4.78, 5) is 8.75. The molecule has 172 valence electrons. The van der Waals surface area contributed by atoms with E-state index in [1.54, 1.807) is 18.3 Å². The van der Waals surface area contributed by atoms with Gasteiger partial charge in [-0.2, -0.15) is 0 Å². The number of halogens is 2. The number of anilines is 2. The quantitative estimate of drug-likeness (QED) is 0.296. The molecule has 0 amide bonds. The molecule has 1 N–H and O–H groups in total. The Bertz CT molecular complexity index is 1320. The zero-order valence-corrected chi connectivity index (χ0v) is 20.9. The minimum Gasteiger partial charge on any atom is -0.459 e. The highest BCUT2D eigenvalue weighted by Gasteiger charge is 2.42. The average Bonchev–Trinajstić information content (AvgIpc) is 3.46. The molecule has 0 radical (unpaired) electrons. The van der Waals surface area contributed by atoms with Crippen molar-refractivity contribution >= 4 is 51.9 Å². The van der Waals surface area contributed by atoms with Crippen LogP contribution in [0.1, 0.15) is 23.5 Å². The van der Waals surface area contributed by atoms with Gasteiger partial charge in [-0.05, 0) is 78.9 Å². The van der Waals surface area contributed by atoms with Gasteiger partial charge in [0.05, 0.1) is 21.8 Å². The molecule has 5 nitrogen and oxygen atoms in total. The molecule has 0 bridgehead atoms. The SMILES string of the molecule is CN(C)c1ccc(N2C(=S)N[C@@H](c3ccccn3)[C@H]2c2ccc(-c3ccc(Cl)c(Cl)c3)o2)cc1. The monoisotopic (exact) mass is 508 g/mol. The molecule has 1 saturated heterocycles. The first-order valence-electron chi connectivity index (χ1n) is 10.8. The van der Waals surface area contributed by atoms with E-state index in [9.17, 15) is 0 Å². The lowest BCUT2D eigenvalue weighted by molar-refractivity contribution is 0.439. The first-order valence-corrected chi connectivity index (χ1v) is 11.9. The molecule has 8 heteroatoms. The summed E-state index contributed by atoms with van der Waals surface area (Å²) in [5.74, 6) is 1.47. The summed E-state index contributed by atoms with van der Waals surface area (Å²) in [6, 6.07) is 23.1.